The Hall–Kier alpha value is -2.41. The van der Waals surface area contributed by atoms with Gasteiger partial charge in [-0.1, -0.05) is 11.6 Å². The maximum Gasteiger partial charge on any atom is 0.238 e. The van der Waals surface area contributed by atoms with Gasteiger partial charge < -0.3 is 15.7 Å². The van der Waals surface area contributed by atoms with Crippen molar-refractivity contribution in [1.29, 1.82) is 0 Å². The summed E-state index contributed by atoms with van der Waals surface area (Å²) in [6.45, 7) is 1.95. The molecule has 164 valence electrons. The number of carbonyl (C=O) groups excluding carboxylic acids is 2. The molecule has 0 bridgehead atoms. The first-order chi connectivity index (χ1) is 15.0. The maximum atomic E-state index is 12.5. The Kier molecular flexibility index (Phi) is 6.90. The van der Waals surface area contributed by atoms with E-state index in [2.05, 4.69) is 15.5 Å². The van der Waals surface area contributed by atoms with Crippen LogP contribution in [0.5, 0.6) is 0 Å². The number of aryl methyl sites for hydroxylation is 1. The number of aliphatic hydroxyl groups excluding tert-OH is 1. The van der Waals surface area contributed by atoms with Crippen LogP contribution in [0.4, 0.5) is 11.4 Å². The molecule has 0 aromatic heterocycles. The van der Waals surface area contributed by atoms with Crippen LogP contribution in [-0.4, -0.2) is 47.4 Å². The number of piperidine rings is 1. The number of benzene rings is 2. The Morgan fingerprint density at radius 2 is 1.94 bits per heavy atom. The lowest BCUT2D eigenvalue weighted by atomic mass is 9.90. The van der Waals surface area contributed by atoms with Gasteiger partial charge in [-0.05, 0) is 67.6 Å². The minimum Gasteiger partial charge on any atom is -0.392 e. The highest BCUT2D eigenvalue weighted by Crippen LogP contribution is 2.25. The average Bonchev–Trinajstić information content (AvgIpc) is 2.76. The summed E-state index contributed by atoms with van der Waals surface area (Å²) in [7, 11) is 0. The van der Waals surface area contributed by atoms with Crippen molar-refractivity contribution >= 4 is 34.7 Å². The monoisotopic (exact) mass is 441 g/mol. The minimum absolute atomic E-state index is 0.0336. The fourth-order valence-corrected chi connectivity index (χ4v) is 4.61. The standard InChI is InChI=1S/C24H28ClN3O3/c25-18-4-7-22(17(12-18)15-29)26-19-8-10-28(11-9-19)14-24(31)27-20-5-6-21-16(13-20)2-1-3-23(21)30/h4-7,12-13,19,26,29H,1-3,8-11,14-15H2,(H,27,31). The molecular weight excluding hydrogens is 414 g/mol. The lowest BCUT2D eigenvalue weighted by molar-refractivity contribution is -0.117. The van der Waals surface area contributed by atoms with Gasteiger partial charge in [-0.25, -0.2) is 0 Å². The summed E-state index contributed by atoms with van der Waals surface area (Å²) in [4.78, 5) is 26.6. The molecule has 0 saturated carbocycles. The van der Waals surface area contributed by atoms with Gasteiger partial charge in [0.1, 0.15) is 0 Å². The van der Waals surface area contributed by atoms with E-state index in [0.717, 1.165) is 66.8 Å². The molecule has 3 N–H and O–H groups in total. The largest absolute Gasteiger partial charge is 0.392 e. The molecule has 1 saturated heterocycles. The molecule has 4 rings (SSSR count). The zero-order valence-corrected chi connectivity index (χ0v) is 18.3. The topological polar surface area (TPSA) is 81.7 Å². The van der Waals surface area contributed by atoms with E-state index in [1.54, 1.807) is 6.07 Å². The first-order valence-corrected chi connectivity index (χ1v) is 11.2. The number of hydrogen-bond acceptors (Lipinski definition) is 5. The molecule has 1 heterocycles. The number of amides is 1. The number of nitrogens with zero attached hydrogens (tertiary/aromatic N) is 1. The molecular formula is C24H28ClN3O3. The van der Waals surface area contributed by atoms with E-state index in [1.807, 2.05) is 30.3 Å². The molecule has 7 heteroatoms. The normalized spacial score (nSPS) is 17.3. The number of carbonyl (C=O) groups is 2. The highest BCUT2D eigenvalue weighted by Gasteiger charge is 2.22. The molecule has 1 aliphatic carbocycles. The summed E-state index contributed by atoms with van der Waals surface area (Å²) in [6.07, 6.45) is 4.21. The second kappa shape index (κ2) is 9.81. The first-order valence-electron chi connectivity index (χ1n) is 10.9. The van der Waals surface area contributed by atoms with Gasteiger partial charge in [0.05, 0.1) is 13.2 Å². The smallest absolute Gasteiger partial charge is 0.238 e. The van der Waals surface area contributed by atoms with Crippen LogP contribution in [0.15, 0.2) is 36.4 Å². The molecule has 2 aromatic rings. The van der Waals surface area contributed by atoms with Crippen LogP contribution >= 0.6 is 11.6 Å². The number of fused-ring (bicyclic) bond motifs is 1. The highest BCUT2D eigenvalue weighted by molar-refractivity contribution is 6.30. The maximum absolute atomic E-state index is 12.5. The zero-order chi connectivity index (χ0) is 21.8. The molecule has 2 aliphatic rings. The Balaban J connectivity index is 1.26. The van der Waals surface area contributed by atoms with E-state index < -0.39 is 0 Å². The quantitative estimate of drug-likeness (QED) is 0.634. The number of ketones is 1. The third-order valence-corrected chi connectivity index (χ3v) is 6.33. The average molecular weight is 442 g/mol. The summed E-state index contributed by atoms with van der Waals surface area (Å²) in [5.41, 5.74) is 4.29. The number of Topliss-reactive ketones (excluding diaryl/α,β-unsaturated/α-hetero) is 1. The van der Waals surface area contributed by atoms with Crippen LogP contribution in [0, 0.1) is 0 Å². The number of anilines is 2. The van der Waals surface area contributed by atoms with Crippen LogP contribution in [0.2, 0.25) is 5.02 Å². The first kappa shape index (κ1) is 21.8. The number of rotatable bonds is 6. The summed E-state index contributed by atoms with van der Waals surface area (Å²) in [5.74, 6) is 0.161. The van der Waals surface area contributed by atoms with Gasteiger partial charge in [0, 0.05) is 53.1 Å². The number of likely N-dealkylation sites (tertiary alicyclic amines) is 1. The van der Waals surface area contributed by atoms with Crippen LogP contribution in [0.1, 0.15) is 47.2 Å². The molecule has 0 atom stereocenters. The third-order valence-electron chi connectivity index (χ3n) is 6.09. The molecule has 1 amide bonds. The second-order valence-corrected chi connectivity index (χ2v) is 8.79. The van der Waals surface area contributed by atoms with Gasteiger partial charge in [-0.3, -0.25) is 14.5 Å². The van der Waals surface area contributed by atoms with Gasteiger partial charge >= 0.3 is 0 Å². The van der Waals surface area contributed by atoms with Crippen molar-refractivity contribution in [3.05, 3.63) is 58.1 Å². The van der Waals surface area contributed by atoms with Gasteiger partial charge in [0.25, 0.3) is 0 Å². The Bertz CT molecular complexity index is 971. The zero-order valence-electron chi connectivity index (χ0n) is 17.5. The molecule has 6 nitrogen and oxygen atoms in total. The summed E-state index contributed by atoms with van der Waals surface area (Å²) in [5, 5.41) is 16.6. The fraction of sp³-hybridized carbons (Fsp3) is 0.417. The third kappa shape index (κ3) is 5.45. The Labute approximate surface area is 187 Å². The van der Waals surface area contributed by atoms with Crippen LogP contribution < -0.4 is 10.6 Å². The molecule has 0 radical (unpaired) electrons. The van der Waals surface area contributed by atoms with Crippen molar-refractivity contribution < 1.29 is 14.7 Å². The van der Waals surface area contributed by atoms with Crippen LogP contribution in [0.3, 0.4) is 0 Å². The predicted molar refractivity (Wildman–Crippen MR) is 123 cm³/mol. The van der Waals surface area contributed by atoms with Crippen molar-refractivity contribution in [2.24, 2.45) is 0 Å². The second-order valence-electron chi connectivity index (χ2n) is 8.35. The van der Waals surface area contributed by atoms with Crippen molar-refractivity contribution in [2.75, 3.05) is 30.3 Å². The molecule has 0 unspecified atom stereocenters. The SMILES string of the molecule is O=C(CN1CCC(Nc2ccc(Cl)cc2CO)CC1)Nc1ccc2c(c1)CCCC2=O. The van der Waals surface area contributed by atoms with Crippen molar-refractivity contribution in [1.82, 2.24) is 4.90 Å². The van der Waals surface area contributed by atoms with E-state index in [9.17, 15) is 14.7 Å². The number of nitrogens with one attached hydrogen (secondary N) is 2. The van der Waals surface area contributed by atoms with Crippen molar-refractivity contribution in [3.8, 4) is 0 Å². The van der Waals surface area contributed by atoms with Gasteiger partial charge in [0.2, 0.25) is 5.91 Å². The molecule has 31 heavy (non-hydrogen) atoms. The highest BCUT2D eigenvalue weighted by atomic mass is 35.5. The van der Waals surface area contributed by atoms with Gasteiger partial charge in [-0.2, -0.15) is 0 Å². The Morgan fingerprint density at radius 3 is 2.71 bits per heavy atom. The fourth-order valence-electron chi connectivity index (χ4n) is 4.42. The molecule has 2 aromatic carbocycles. The van der Waals surface area contributed by atoms with Crippen LogP contribution in [-0.2, 0) is 17.8 Å². The van der Waals surface area contributed by atoms with E-state index in [1.165, 1.54) is 0 Å². The van der Waals surface area contributed by atoms with Crippen molar-refractivity contribution in [2.45, 2.75) is 44.8 Å². The molecule has 1 aliphatic heterocycles. The number of aliphatic hydroxyl groups is 1. The molecule has 0 spiro atoms. The van der Waals surface area contributed by atoms with E-state index in [0.29, 0.717) is 24.0 Å². The minimum atomic E-state index is -0.0568. The van der Waals surface area contributed by atoms with Crippen molar-refractivity contribution in [3.63, 3.8) is 0 Å². The van der Waals surface area contributed by atoms with Gasteiger partial charge in [-0.15, -0.1) is 0 Å². The lowest BCUT2D eigenvalue weighted by Crippen LogP contribution is -2.42. The molecule has 1 fully saturated rings. The van der Waals surface area contributed by atoms with E-state index in [4.69, 9.17) is 11.6 Å². The van der Waals surface area contributed by atoms with E-state index >= 15 is 0 Å². The van der Waals surface area contributed by atoms with E-state index in [-0.39, 0.29) is 18.3 Å². The van der Waals surface area contributed by atoms with Gasteiger partial charge in [0.15, 0.2) is 5.78 Å². The summed E-state index contributed by atoms with van der Waals surface area (Å²) < 4.78 is 0. The predicted octanol–water partition coefficient (Wildman–Crippen LogP) is 3.87. The Morgan fingerprint density at radius 1 is 1.13 bits per heavy atom. The lowest BCUT2D eigenvalue weighted by Gasteiger charge is -2.32. The summed E-state index contributed by atoms with van der Waals surface area (Å²) in [6, 6.07) is 11.4. The number of hydrogen-bond donors (Lipinski definition) is 3. The summed E-state index contributed by atoms with van der Waals surface area (Å²) >= 11 is 6.01. The number of halogens is 1. The van der Waals surface area contributed by atoms with Crippen LogP contribution in [0.25, 0.3) is 0 Å².